The van der Waals surface area contributed by atoms with Gasteiger partial charge in [-0.15, -0.1) is 0 Å². The third kappa shape index (κ3) is 11.1. The van der Waals surface area contributed by atoms with Crippen LogP contribution >= 0.6 is 25.3 Å². The van der Waals surface area contributed by atoms with Crippen LogP contribution in [0.15, 0.2) is 12.5 Å². The minimum absolute atomic E-state index is 0.0102. The number of amides is 6. The molecule has 0 saturated carbocycles. The molecule has 0 aliphatic heterocycles. The van der Waals surface area contributed by atoms with E-state index in [9.17, 15) is 28.8 Å². The number of nitrogens with zero attached hydrogens (tertiary/aromatic N) is 1. The highest BCUT2D eigenvalue weighted by molar-refractivity contribution is 7.81. The van der Waals surface area contributed by atoms with Crippen molar-refractivity contribution in [2.45, 2.75) is 82.9 Å². The van der Waals surface area contributed by atoms with E-state index in [2.05, 4.69) is 61.8 Å². The van der Waals surface area contributed by atoms with Crippen LogP contribution in [-0.2, 0) is 35.2 Å². The number of primary amides is 1. The number of aromatic nitrogens is 2. The fourth-order valence-electron chi connectivity index (χ4n) is 3.56. The van der Waals surface area contributed by atoms with E-state index in [1.165, 1.54) is 26.4 Å². The van der Waals surface area contributed by atoms with Crippen LogP contribution in [-0.4, -0.2) is 86.1 Å². The first-order valence-corrected chi connectivity index (χ1v) is 13.6. The maximum Gasteiger partial charge on any atom is 0.244 e. The summed E-state index contributed by atoms with van der Waals surface area (Å²) in [5, 5.41) is 12.7. The van der Waals surface area contributed by atoms with Gasteiger partial charge in [-0.1, -0.05) is 13.8 Å². The van der Waals surface area contributed by atoms with E-state index in [0.717, 1.165) is 0 Å². The van der Waals surface area contributed by atoms with Crippen LogP contribution in [0.4, 0.5) is 0 Å². The molecular formula is C24H40N8O6S2. The highest BCUT2D eigenvalue weighted by atomic mass is 32.1. The van der Waals surface area contributed by atoms with Gasteiger partial charge in [0.1, 0.15) is 30.2 Å². The second-order valence-corrected chi connectivity index (χ2v) is 11.8. The lowest BCUT2D eigenvalue weighted by Gasteiger charge is -2.31. The first-order chi connectivity index (χ1) is 18.5. The molecule has 0 unspecified atom stereocenters. The summed E-state index contributed by atoms with van der Waals surface area (Å²) in [6.45, 7) is 9.27. The number of hydrogen-bond donors (Lipinski definition) is 9. The molecule has 14 nitrogen and oxygen atoms in total. The van der Waals surface area contributed by atoms with Crippen LogP contribution in [0.5, 0.6) is 0 Å². The summed E-state index contributed by atoms with van der Waals surface area (Å²) in [4.78, 5) is 81.8. The first kappa shape index (κ1) is 34.8. The monoisotopic (exact) mass is 600 g/mol. The minimum atomic E-state index is -1.14. The van der Waals surface area contributed by atoms with Gasteiger partial charge < -0.3 is 37.3 Å². The highest BCUT2D eigenvalue weighted by Gasteiger charge is 2.36. The van der Waals surface area contributed by atoms with Gasteiger partial charge in [0.05, 0.1) is 6.33 Å². The van der Waals surface area contributed by atoms with Crippen LogP contribution in [0.3, 0.4) is 0 Å². The Hall–Kier alpha value is -3.27. The normalized spacial score (nSPS) is 15.1. The molecule has 16 heteroatoms. The van der Waals surface area contributed by atoms with Crippen LogP contribution in [0, 0.1) is 5.92 Å². The van der Waals surface area contributed by atoms with Crippen LogP contribution in [0.2, 0.25) is 0 Å². The average molecular weight is 601 g/mol. The summed E-state index contributed by atoms with van der Waals surface area (Å²) in [7, 11) is 0. The quantitative estimate of drug-likeness (QED) is 0.105. The zero-order chi connectivity index (χ0) is 30.8. The van der Waals surface area contributed by atoms with Crippen molar-refractivity contribution in [3.05, 3.63) is 18.2 Å². The second-order valence-electron chi connectivity index (χ2n) is 10.2. The van der Waals surface area contributed by atoms with Gasteiger partial charge in [-0.3, -0.25) is 28.8 Å². The van der Waals surface area contributed by atoms with Crippen molar-refractivity contribution >= 4 is 60.7 Å². The number of hydrogen-bond acceptors (Lipinski definition) is 9. The Labute approximate surface area is 244 Å². The smallest absolute Gasteiger partial charge is 0.244 e. The molecule has 224 valence electrons. The Bertz CT molecular complexity index is 1060. The summed E-state index contributed by atoms with van der Waals surface area (Å²) in [5.74, 6) is -4.29. The van der Waals surface area contributed by atoms with E-state index >= 15 is 0 Å². The Morgan fingerprint density at radius 2 is 1.52 bits per heavy atom. The maximum atomic E-state index is 13.2. The van der Waals surface area contributed by atoms with Gasteiger partial charge >= 0.3 is 0 Å². The fraction of sp³-hybridized carbons (Fsp3) is 0.625. The van der Waals surface area contributed by atoms with Gasteiger partial charge in [-0.05, 0) is 26.7 Å². The Kier molecular flexibility index (Phi) is 13.5. The van der Waals surface area contributed by atoms with E-state index < -0.39 is 70.4 Å². The van der Waals surface area contributed by atoms with Crippen molar-refractivity contribution in [2.24, 2.45) is 11.7 Å². The van der Waals surface area contributed by atoms with Gasteiger partial charge in [0.15, 0.2) is 0 Å². The van der Waals surface area contributed by atoms with Crippen molar-refractivity contribution in [3.8, 4) is 0 Å². The average Bonchev–Trinajstić information content (AvgIpc) is 3.35. The molecular weight excluding hydrogens is 560 g/mol. The molecule has 0 radical (unpaired) electrons. The summed E-state index contributed by atoms with van der Waals surface area (Å²) in [5.41, 5.74) is 5.95. The number of rotatable bonds is 15. The lowest BCUT2D eigenvalue weighted by atomic mass is 9.99. The third-order valence-corrected chi connectivity index (χ3v) is 6.39. The topological polar surface area (TPSA) is 217 Å². The summed E-state index contributed by atoms with van der Waals surface area (Å²) in [6.07, 6.45) is 2.89. The highest BCUT2D eigenvalue weighted by Crippen LogP contribution is 2.18. The molecule has 1 aromatic heterocycles. The van der Waals surface area contributed by atoms with Gasteiger partial charge in [-0.25, -0.2) is 4.98 Å². The van der Waals surface area contributed by atoms with Crippen molar-refractivity contribution in [2.75, 3.05) is 5.75 Å². The number of nitrogens with one attached hydrogen (secondary N) is 6. The molecule has 0 aromatic carbocycles. The van der Waals surface area contributed by atoms with Crippen LogP contribution in [0.1, 0.15) is 47.2 Å². The van der Waals surface area contributed by atoms with E-state index in [1.54, 1.807) is 27.7 Å². The molecule has 6 amide bonds. The molecule has 40 heavy (non-hydrogen) atoms. The van der Waals surface area contributed by atoms with Crippen molar-refractivity contribution in [1.82, 2.24) is 36.6 Å². The SMILES string of the molecule is CC(=O)N[C@@H](CS)C(=O)N[C@@H](Cc1cnc[nH]1)C(=O)N[C@@H](C)C(=O)N[C@H](C(=O)N[C@H](C(N)=O)C(C)(C)S)C(C)C. The van der Waals surface area contributed by atoms with Gasteiger partial charge in [0.25, 0.3) is 0 Å². The van der Waals surface area contributed by atoms with Crippen molar-refractivity contribution in [1.29, 1.82) is 0 Å². The van der Waals surface area contributed by atoms with Gasteiger partial charge in [0, 0.05) is 35.7 Å². The van der Waals surface area contributed by atoms with E-state index in [0.29, 0.717) is 5.69 Å². The summed E-state index contributed by atoms with van der Waals surface area (Å²) < 4.78 is -0.964. The van der Waals surface area contributed by atoms with Crippen molar-refractivity contribution < 1.29 is 28.8 Å². The number of H-pyrrole nitrogens is 1. The van der Waals surface area contributed by atoms with Gasteiger partial charge in [-0.2, -0.15) is 25.3 Å². The standard InChI is InChI=1S/C24H40N8O6S2/c1-11(2)17(23(38)32-18(19(25)34)24(5,6)40)31-20(35)12(3)28-21(36)15(7-14-8-26-10-27-14)30-22(37)16(9-39)29-13(4)33/h8,10-12,15-18,39-40H,7,9H2,1-6H3,(H2,25,34)(H,26,27)(H,28,36)(H,29,33)(H,30,37)(H,31,35)(H,32,38)/t12-,15-,16-,17-,18+/m0/s1. The van der Waals surface area contributed by atoms with Gasteiger partial charge in [0.2, 0.25) is 35.4 Å². The Balaban J connectivity index is 3.00. The molecule has 1 aromatic rings. The number of imidazole rings is 1. The molecule has 8 N–H and O–H groups in total. The van der Waals surface area contributed by atoms with Crippen LogP contribution in [0.25, 0.3) is 0 Å². The molecule has 0 fully saturated rings. The second kappa shape index (κ2) is 15.5. The number of nitrogens with two attached hydrogens (primary N) is 1. The number of carbonyl (C=O) groups excluding carboxylic acids is 6. The van der Waals surface area contributed by atoms with Crippen LogP contribution < -0.4 is 32.3 Å². The summed E-state index contributed by atoms with van der Waals surface area (Å²) in [6, 6.07) is -5.41. The predicted molar refractivity (Wildman–Crippen MR) is 154 cm³/mol. The Morgan fingerprint density at radius 3 is 1.98 bits per heavy atom. The molecule has 0 aliphatic rings. The molecule has 1 rings (SSSR count). The van der Waals surface area contributed by atoms with Crippen molar-refractivity contribution in [3.63, 3.8) is 0 Å². The lowest BCUT2D eigenvalue weighted by Crippen LogP contribution is -2.61. The molecule has 0 saturated heterocycles. The first-order valence-electron chi connectivity index (χ1n) is 12.6. The Morgan fingerprint density at radius 1 is 0.925 bits per heavy atom. The molecule has 0 aliphatic carbocycles. The molecule has 5 atom stereocenters. The zero-order valence-electron chi connectivity index (χ0n) is 23.4. The predicted octanol–water partition coefficient (Wildman–Crippen LogP) is -1.80. The number of carbonyl (C=O) groups is 6. The lowest BCUT2D eigenvalue weighted by molar-refractivity contribution is -0.135. The zero-order valence-corrected chi connectivity index (χ0v) is 25.2. The van der Waals surface area contributed by atoms with E-state index in [1.807, 2.05) is 0 Å². The fourth-order valence-corrected chi connectivity index (χ4v) is 4.01. The molecule has 0 bridgehead atoms. The summed E-state index contributed by atoms with van der Waals surface area (Å²) >= 11 is 8.40. The number of aromatic amines is 1. The van der Waals surface area contributed by atoms with E-state index in [-0.39, 0.29) is 18.1 Å². The number of thiol groups is 2. The largest absolute Gasteiger partial charge is 0.368 e. The third-order valence-electron chi connectivity index (χ3n) is 5.76. The molecule has 1 heterocycles. The van der Waals surface area contributed by atoms with E-state index in [4.69, 9.17) is 5.73 Å². The minimum Gasteiger partial charge on any atom is -0.368 e. The maximum absolute atomic E-state index is 13.2. The molecule has 0 spiro atoms.